The van der Waals surface area contributed by atoms with Crippen molar-refractivity contribution in [3.63, 3.8) is 0 Å². The summed E-state index contributed by atoms with van der Waals surface area (Å²) in [6.07, 6.45) is 7.71. The van der Waals surface area contributed by atoms with E-state index in [-0.39, 0.29) is 30.4 Å². The van der Waals surface area contributed by atoms with Gasteiger partial charge in [-0.25, -0.2) is 4.79 Å². The number of benzene rings is 1. The molecule has 2 fully saturated rings. The summed E-state index contributed by atoms with van der Waals surface area (Å²) >= 11 is 0. The molecule has 2 aliphatic rings. The number of nitrogens with one attached hydrogen (secondary N) is 2. The van der Waals surface area contributed by atoms with E-state index in [9.17, 15) is 14.4 Å². The fourth-order valence-electron chi connectivity index (χ4n) is 4.87. The summed E-state index contributed by atoms with van der Waals surface area (Å²) in [6, 6.07) is 6.99. The highest BCUT2D eigenvalue weighted by Crippen LogP contribution is 2.25. The maximum atomic E-state index is 13.1. The number of hydrogen-bond donors (Lipinski definition) is 2. The van der Waals surface area contributed by atoms with E-state index < -0.39 is 12.1 Å². The van der Waals surface area contributed by atoms with Gasteiger partial charge in [0.15, 0.2) is 0 Å². The Kier molecular flexibility index (Phi) is 5.79. The minimum absolute atomic E-state index is 0.0448. The Morgan fingerprint density at radius 3 is 2.63 bits per heavy atom. The highest BCUT2D eigenvalue weighted by Gasteiger charge is 2.40. The Hall–Kier alpha value is -2.83. The first-order chi connectivity index (χ1) is 14.5. The van der Waals surface area contributed by atoms with Gasteiger partial charge in [0.05, 0.1) is 0 Å². The Morgan fingerprint density at radius 1 is 1.17 bits per heavy atom. The number of H-pyrrole nitrogens is 1. The molecule has 1 saturated carbocycles. The van der Waals surface area contributed by atoms with Crippen LogP contribution < -0.4 is 5.32 Å². The van der Waals surface area contributed by atoms with Crippen LogP contribution in [0.5, 0.6) is 0 Å². The number of aromatic amines is 1. The predicted octanol–water partition coefficient (Wildman–Crippen LogP) is 3.20. The van der Waals surface area contributed by atoms with E-state index in [0.29, 0.717) is 6.42 Å². The highest BCUT2D eigenvalue weighted by molar-refractivity contribution is 6.06. The lowest BCUT2D eigenvalue weighted by molar-refractivity contribution is -0.141. The van der Waals surface area contributed by atoms with Gasteiger partial charge in [0.25, 0.3) is 5.91 Å². The summed E-state index contributed by atoms with van der Waals surface area (Å²) in [4.78, 5) is 44.7. The first-order valence-corrected chi connectivity index (χ1v) is 10.9. The van der Waals surface area contributed by atoms with Crippen molar-refractivity contribution in [3.8, 4) is 0 Å². The van der Waals surface area contributed by atoms with Gasteiger partial charge in [-0.3, -0.25) is 14.5 Å². The van der Waals surface area contributed by atoms with Crippen molar-refractivity contribution >= 4 is 28.7 Å². The number of para-hydroxylation sites is 1. The summed E-state index contributed by atoms with van der Waals surface area (Å²) in [5.41, 5.74) is 1.97. The van der Waals surface area contributed by atoms with E-state index in [0.717, 1.165) is 47.0 Å². The van der Waals surface area contributed by atoms with Gasteiger partial charge >= 0.3 is 6.03 Å². The Morgan fingerprint density at radius 2 is 1.90 bits per heavy atom. The van der Waals surface area contributed by atoms with Crippen LogP contribution in [0.15, 0.2) is 30.5 Å². The molecule has 2 aromatic rings. The molecule has 2 heterocycles. The molecule has 30 heavy (non-hydrogen) atoms. The quantitative estimate of drug-likeness (QED) is 0.717. The molecule has 0 radical (unpaired) electrons. The zero-order valence-corrected chi connectivity index (χ0v) is 17.7. The number of amides is 4. The van der Waals surface area contributed by atoms with Crippen molar-refractivity contribution in [2.75, 3.05) is 6.54 Å². The molecule has 1 aliphatic carbocycles. The summed E-state index contributed by atoms with van der Waals surface area (Å²) < 4.78 is 0. The van der Waals surface area contributed by atoms with Gasteiger partial charge in [0, 0.05) is 35.6 Å². The minimum atomic E-state index is -0.647. The number of imide groups is 1. The number of carbonyl (C=O) groups is 3. The molecule has 2 N–H and O–H groups in total. The van der Waals surface area contributed by atoms with Crippen LogP contribution in [0, 0.1) is 0 Å². The number of carbonyl (C=O) groups excluding carboxylic acids is 3. The monoisotopic (exact) mass is 410 g/mol. The molecular weight excluding hydrogens is 380 g/mol. The van der Waals surface area contributed by atoms with Gasteiger partial charge in [0.2, 0.25) is 5.91 Å². The Labute approximate surface area is 176 Å². The summed E-state index contributed by atoms with van der Waals surface area (Å²) in [5, 5.41) is 3.80. The largest absolute Gasteiger partial charge is 0.361 e. The van der Waals surface area contributed by atoms with Crippen LogP contribution in [0.3, 0.4) is 0 Å². The smallest absolute Gasteiger partial charge is 0.325 e. The molecule has 7 nitrogen and oxygen atoms in total. The maximum Gasteiger partial charge on any atom is 0.325 e. The van der Waals surface area contributed by atoms with Crippen LogP contribution >= 0.6 is 0 Å². The number of nitrogens with zero attached hydrogens (tertiary/aromatic N) is 2. The lowest BCUT2D eigenvalue weighted by Crippen LogP contribution is -2.50. The number of fused-ring (bicyclic) bond motifs is 1. The normalized spacial score (nSPS) is 20.2. The Bertz CT molecular complexity index is 945. The third-order valence-electron chi connectivity index (χ3n) is 6.31. The molecule has 0 unspecified atom stereocenters. The van der Waals surface area contributed by atoms with Crippen LogP contribution in [-0.2, 0) is 16.0 Å². The van der Waals surface area contributed by atoms with Crippen LogP contribution in [0.4, 0.5) is 4.79 Å². The molecule has 7 heteroatoms. The van der Waals surface area contributed by atoms with E-state index in [2.05, 4.69) is 10.3 Å². The lowest BCUT2D eigenvalue weighted by Gasteiger charge is -2.38. The average molecular weight is 411 g/mol. The van der Waals surface area contributed by atoms with Crippen LogP contribution in [0.1, 0.15) is 51.5 Å². The molecule has 160 valence electrons. The highest BCUT2D eigenvalue weighted by atomic mass is 16.2. The zero-order valence-electron chi connectivity index (χ0n) is 17.7. The standard InChI is InChI=1S/C23H30N4O3/c1-15(2)27(17-8-4-3-5-9-17)21(28)14-26-22(29)20(25-23(26)30)12-16-13-24-19-11-7-6-10-18(16)19/h6-7,10-11,13,15,17,20,24H,3-5,8-9,12,14H2,1-2H3,(H,25,30)/t20-/m1/s1. The number of urea groups is 1. The summed E-state index contributed by atoms with van der Waals surface area (Å²) in [6.45, 7) is 3.81. The number of aromatic nitrogens is 1. The van der Waals surface area contributed by atoms with E-state index >= 15 is 0 Å². The van der Waals surface area contributed by atoms with Gasteiger partial charge in [-0.1, -0.05) is 37.5 Å². The first-order valence-electron chi connectivity index (χ1n) is 10.9. The van der Waals surface area contributed by atoms with Crippen LogP contribution in [0.2, 0.25) is 0 Å². The van der Waals surface area contributed by atoms with Crippen molar-refractivity contribution in [1.29, 1.82) is 0 Å². The zero-order chi connectivity index (χ0) is 21.3. The maximum absolute atomic E-state index is 13.1. The fraction of sp³-hybridized carbons (Fsp3) is 0.522. The van der Waals surface area contributed by atoms with Gasteiger partial charge in [-0.15, -0.1) is 0 Å². The van der Waals surface area contributed by atoms with Crippen molar-refractivity contribution in [2.24, 2.45) is 0 Å². The molecule has 1 atom stereocenters. The Balaban J connectivity index is 1.45. The molecule has 0 spiro atoms. The third kappa shape index (κ3) is 3.93. The van der Waals surface area contributed by atoms with Crippen LogP contribution in [0.25, 0.3) is 10.9 Å². The molecule has 1 saturated heterocycles. The van der Waals surface area contributed by atoms with Crippen molar-refractivity contribution in [3.05, 3.63) is 36.0 Å². The predicted molar refractivity (Wildman–Crippen MR) is 115 cm³/mol. The van der Waals surface area contributed by atoms with E-state index in [1.807, 2.05) is 49.2 Å². The molecule has 1 aliphatic heterocycles. The van der Waals surface area contributed by atoms with Crippen molar-refractivity contribution < 1.29 is 14.4 Å². The van der Waals surface area contributed by atoms with Crippen molar-refractivity contribution in [1.82, 2.24) is 20.1 Å². The topological polar surface area (TPSA) is 85.5 Å². The van der Waals surface area contributed by atoms with Crippen LogP contribution in [-0.4, -0.2) is 57.3 Å². The van der Waals surface area contributed by atoms with Gasteiger partial charge in [-0.05, 0) is 38.3 Å². The second-order valence-corrected chi connectivity index (χ2v) is 8.68. The average Bonchev–Trinajstić information content (AvgIpc) is 3.25. The fourth-order valence-corrected chi connectivity index (χ4v) is 4.87. The van der Waals surface area contributed by atoms with E-state index in [1.165, 1.54) is 6.42 Å². The molecule has 4 rings (SSSR count). The third-order valence-corrected chi connectivity index (χ3v) is 6.31. The summed E-state index contributed by atoms with van der Waals surface area (Å²) in [5.74, 6) is -0.473. The lowest BCUT2D eigenvalue weighted by atomic mass is 9.93. The SMILES string of the molecule is CC(C)N(C(=O)CN1C(=O)N[C@H](Cc2c[nH]c3ccccc23)C1=O)C1CCCCC1. The van der Waals surface area contributed by atoms with E-state index in [1.54, 1.807) is 0 Å². The molecular formula is C23H30N4O3. The number of hydrogen-bond acceptors (Lipinski definition) is 3. The number of rotatable bonds is 6. The van der Waals surface area contributed by atoms with Gasteiger partial charge < -0.3 is 15.2 Å². The minimum Gasteiger partial charge on any atom is -0.361 e. The molecule has 1 aromatic heterocycles. The second kappa shape index (κ2) is 8.50. The van der Waals surface area contributed by atoms with Crippen molar-refractivity contribution in [2.45, 2.75) is 70.5 Å². The first kappa shape index (κ1) is 20.4. The van der Waals surface area contributed by atoms with Gasteiger partial charge in [-0.2, -0.15) is 0 Å². The second-order valence-electron chi connectivity index (χ2n) is 8.68. The summed E-state index contributed by atoms with van der Waals surface area (Å²) in [7, 11) is 0. The van der Waals surface area contributed by atoms with E-state index in [4.69, 9.17) is 0 Å². The molecule has 0 bridgehead atoms. The van der Waals surface area contributed by atoms with Gasteiger partial charge in [0.1, 0.15) is 12.6 Å². The molecule has 4 amide bonds. The molecule has 1 aromatic carbocycles.